The van der Waals surface area contributed by atoms with E-state index in [-0.39, 0.29) is 0 Å². The van der Waals surface area contributed by atoms with Crippen molar-refractivity contribution in [3.8, 4) is 0 Å². The molecule has 3 aliphatic rings. The van der Waals surface area contributed by atoms with Crippen LogP contribution in [0.15, 0.2) is 0 Å². The lowest BCUT2D eigenvalue weighted by Gasteiger charge is -2.23. The van der Waals surface area contributed by atoms with E-state index < -0.39 is 0 Å². The number of hydrogen-bond acceptors (Lipinski definition) is 3. The zero-order valence-electron chi connectivity index (χ0n) is 11.2. The molecular weight excluding hydrogens is 210 g/mol. The summed E-state index contributed by atoms with van der Waals surface area (Å²) in [6.45, 7) is 10.1. The second-order valence-corrected chi connectivity index (χ2v) is 6.10. The smallest absolute Gasteiger partial charge is 0.0250 e. The standard InChI is InChI=1S/C14H27N3/c1-2-16-8-5-12(11-16)10-15-13-6-9-17-7-3-4-14(13)17/h12-15H,2-11H2,1H3. The minimum absolute atomic E-state index is 0.799. The van der Waals surface area contributed by atoms with Crippen molar-refractivity contribution in [3.05, 3.63) is 0 Å². The van der Waals surface area contributed by atoms with E-state index in [1.54, 1.807) is 0 Å². The number of hydrogen-bond donors (Lipinski definition) is 1. The van der Waals surface area contributed by atoms with Gasteiger partial charge in [-0.3, -0.25) is 4.90 Å². The summed E-state index contributed by atoms with van der Waals surface area (Å²) in [7, 11) is 0. The van der Waals surface area contributed by atoms with Gasteiger partial charge >= 0.3 is 0 Å². The van der Waals surface area contributed by atoms with Crippen molar-refractivity contribution in [2.24, 2.45) is 5.92 Å². The Morgan fingerprint density at radius 3 is 2.88 bits per heavy atom. The molecule has 3 heteroatoms. The van der Waals surface area contributed by atoms with Gasteiger partial charge in [0.25, 0.3) is 0 Å². The Morgan fingerprint density at radius 2 is 2.06 bits per heavy atom. The summed E-state index contributed by atoms with van der Waals surface area (Å²) in [6.07, 6.45) is 5.65. The fraction of sp³-hybridized carbons (Fsp3) is 1.00. The Hall–Kier alpha value is -0.120. The van der Waals surface area contributed by atoms with Crippen LogP contribution in [-0.2, 0) is 0 Å². The fourth-order valence-electron chi connectivity index (χ4n) is 4.01. The summed E-state index contributed by atoms with van der Waals surface area (Å²) in [5.41, 5.74) is 0. The van der Waals surface area contributed by atoms with Crippen LogP contribution in [-0.4, -0.2) is 61.2 Å². The van der Waals surface area contributed by atoms with Crippen LogP contribution in [0.1, 0.15) is 32.6 Å². The summed E-state index contributed by atoms with van der Waals surface area (Å²) >= 11 is 0. The van der Waals surface area contributed by atoms with Crippen LogP contribution in [0.5, 0.6) is 0 Å². The molecule has 3 unspecified atom stereocenters. The van der Waals surface area contributed by atoms with E-state index in [9.17, 15) is 0 Å². The van der Waals surface area contributed by atoms with Gasteiger partial charge in [0.05, 0.1) is 0 Å². The predicted octanol–water partition coefficient (Wildman–Crippen LogP) is 1.15. The molecule has 0 aromatic carbocycles. The van der Waals surface area contributed by atoms with Crippen LogP contribution in [0.3, 0.4) is 0 Å². The van der Waals surface area contributed by atoms with Crippen molar-refractivity contribution >= 4 is 0 Å². The third kappa shape index (κ3) is 2.51. The number of nitrogens with zero attached hydrogens (tertiary/aromatic N) is 2. The maximum absolute atomic E-state index is 3.87. The highest BCUT2D eigenvalue weighted by atomic mass is 15.2. The zero-order valence-corrected chi connectivity index (χ0v) is 11.2. The van der Waals surface area contributed by atoms with Crippen molar-refractivity contribution in [1.29, 1.82) is 0 Å². The first-order valence-corrected chi connectivity index (χ1v) is 7.56. The molecule has 0 bridgehead atoms. The van der Waals surface area contributed by atoms with Gasteiger partial charge in [0, 0.05) is 25.2 Å². The van der Waals surface area contributed by atoms with Gasteiger partial charge in [-0.15, -0.1) is 0 Å². The molecule has 98 valence electrons. The molecule has 0 aromatic rings. The molecule has 3 fully saturated rings. The van der Waals surface area contributed by atoms with E-state index in [0.29, 0.717) is 0 Å². The normalized spacial score (nSPS) is 39.0. The number of fused-ring (bicyclic) bond motifs is 1. The van der Waals surface area contributed by atoms with Crippen LogP contribution >= 0.6 is 0 Å². The van der Waals surface area contributed by atoms with Crippen LogP contribution in [0.2, 0.25) is 0 Å². The van der Waals surface area contributed by atoms with Gasteiger partial charge in [-0.2, -0.15) is 0 Å². The van der Waals surface area contributed by atoms with Crippen LogP contribution < -0.4 is 5.32 Å². The van der Waals surface area contributed by atoms with E-state index >= 15 is 0 Å². The summed E-state index contributed by atoms with van der Waals surface area (Å²) in [4.78, 5) is 5.29. The van der Waals surface area contributed by atoms with Crippen molar-refractivity contribution in [2.75, 3.05) is 39.3 Å². The second kappa shape index (κ2) is 5.25. The van der Waals surface area contributed by atoms with E-state index in [4.69, 9.17) is 0 Å². The topological polar surface area (TPSA) is 18.5 Å². The van der Waals surface area contributed by atoms with Gasteiger partial charge in [0.1, 0.15) is 0 Å². The van der Waals surface area contributed by atoms with Crippen LogP contribution in [0.4, 0.5) is 0 Å². The van der Waals surface area contributed by atoms with E-state index in [0.717, 1.165) is 18.0 Å². The highest BCUT2D eigenvalue weighted by molar-refractivity contribution is 4.96. The molecule has 3 atom stereocenters. The summed E-state index contributed by atoms with van der Waals surface area (Å²) in [6, 6.07) is 1.67. The Kier molecular flexibility index (Phi) is 3.69. The van der Waals surface area contributed by atoms with Crippen molar-refractivity contribution in [1.82, 2.24) is 15.1 Å². The van der Waals surface area contributed by atoms with Gasteiger partial charge in [-0.1, -0.05) is 6.92 Å². The Morgan fingerprint density at radius 1 is 1.12 bits per heavy atom. The maximum Gasteiger partial charge on any atom is 0.0250 e. The first kappa shape index (κ1) is 11.9. The highest BCUT2D eigenvalue weighted by Gasteiger charge is 2.37. The van der Waals surface area contributed by atoms with Crippen molar-refractivity contribution in [2.45, 2.75) is 44.7 Å². The van der Waals surface area contributed by atoms with Crippen molar-refractivity contribution < 1.29 is 0 Å². The molecule has 0 saturated carbocycles. The summed E-state index contributed by atoms with van der Waals surface area (Å²) in [5.74, 6) is 0.908. The Labute approximate surface area is 106 Å². The molecule has 0 amide bonds. The SMILES string of the molecule is CCN1CCC(CNC2CCN3CCCC23)C1. The minimum Gasteiger partial charge on any atom is -0.312 e. The van der Waals surface area contributed by atoms with Crippen LogP contribution in [0.25, 0.3) is 0 Å². The third-order valence-electron chi connectivity index (χ3n) is 5.09. The minimum atomic E-state index is 0.799. The monoisotopic (exact) mass is 237 g/mol. The van der Waals surface area contributed by atoms with Gasteiger partial charge in [0.15, 0.2) is 0 Å². The van der Waals surface area contributed by atoms with E-state index in [1.807, 2.05) is 0 Å². The molecular formula is C14H27N3. The second-order valence-electron chi connectivity index (χ2n) is 6.10. The van der Waals surface area contributed by atoms with Gasteiger partial charge in [0.2, 0.25) is 0 Å². The third-order valence-corrected chi connectivity index (χ3v) is 5.09. The number of rotatable bonds is 4. The predicted molar refractivity (Wildman–Crippen MR) is 71.2 cm³/mol. The number of likely N-dealkylation sites (tertiary alicyclic amines) is 1. The highest BCUT2D eigenvalue weighted by Crippen LogP contribution is 2.28. The molecule has 1 N–H and O–H groups in total. The van der Waals surface area contributed by atoms with E-state index in [2.05, 4.69) is 22.0 Å². The van der Waals surface area contributed by atoms with Gasteiger partial charge in [-0.25, -0.2) is 0 Å². The molecule has 3 aliphatic heterocycles. The van der Waals surface area contributed by atoms with E-state index in [1.165, 1.54) is 65.0 Å². The lowest BCUT2D eigenvalue weighted by Crippen LogP contribution is -2.41. The largest absolute Gasteiger partial charge is 0.312 e. The maximum atomic E-state index is 3.87. The lowest BCUT2D eigenvalue weighted by atomic mass is 10.0. The number of nitrogens with one attached hydrogen (secondary N) is 1. The average Bonchev–Trinajstić information content (AvgIpc) is 3.03. The molecule has 3 heterocycles. The Balaban J connectivity index is 1.42. The lowest BCUT2D eigenvalue weighted by molar-refractivity contribution is 0.290. The molecule has 0 spiro atoms. The first-order chi connectivity index (χ1) is 8.36. The molecule has 3 saturated heterocycles. The van der Waals surface area contributed by atoms with Gasteiger partial charge < -0.3 is 10.2 Å². The zero-order chi connectivity index (χ0) is 11.7. The summed E-state index contributed by atoms with van der Waals surface area (Å²) in [5, 5.41) is 3.87. The fourth-order valence-corrected chi connectivity index (χ4v) is 4.01. The first-order valence-electron chi connectivity index (χ1n) is 7.56. The Bertz CT molecular complexity index is 256. The molecule has 0 aromatic heterocycles. The molecule has 17 heavy (non-hydrogen) atoms. The van der Waals surface area contributed by atoms with Gasteiger partial charge in [-0.05, 0) is 57.8 Å². The quantitative estimate of drug-likeness (QED) is 0.791. The molecule has 3 rings (SSSR count). The van der Waals surface area contributed by atoms with Crippen molar-refractivity contribution in [3.63, 3.8) is 0 Å². The molecule has 0 radical (unpaired) electrons. The average molecular weight is 237 g/mol. The molecule has 0 aliphatic carbocycles. The van der Waals surface area contributed by atoms with Crippen LogP contribution in [0, 0.1) is 5.92 Å². The molecule has 3 nitrogen and oxygen atoms in total. The summed E-state index contributed by atoms with van der Waals surface area (Å²) < 4.78 is 0.